The normalized spacial score (nSPS) is 10.9. The van der Waals surface area contributed by atoms with E-state index in [4.69, 9.17) is 0 Å². The van der Waals surface area contributed by atoms with Crippen LogP contribution < -0.4 is 10.6 Å². The number of amides is 2. The molecule has 0 aliphatic heterocycles. The molecule has 0 atom stereocenters. The lowest BCUT2D eigenvalue weighted by Crippen LogP contribution is -2.13. The second kappa shape index (κ2) is 6.62. The Morgan fingerprint density at radius 2 is 1.57 bits per heavy atom. The summed E-state index contributed by atoms with van der Waals surface area (Å²) in [5.41, 5.74) is 1.38. The molecule has 6 nitrogen and oxygen atoms in total. The Morgan fingerprint density at radius 1 is 0.913 bits per heavy atom. The molecule has 0 aliphatic carbocycles. The van der Waals surface area contributed by atoms with Crippen LogP contribution in [0.25, 0.3) is 0 Å². The van der Waals surface area contributed by atoms with Gasteiger partial charge >= 0.3 is 0 Å². The number of benzene rings is 2. The standard InChI is InChI=1S/C16H16N2O4S/c1-11(19)17-14-5-3-4-12(10-14)16(20)18-13-6-8-15(9-7-13)23(2,21)22/h3-10H,1-2H3,(H,17,19)(H,18,20). The molecule has 0 fully saturated rings. The maximum absolute atomic E-state index is 12.2. The van der Waals surface area contributed by atoms with Crippen LogP contribution in [0.1, 0.15) is 17.3 Å². The Kier molecular flexibility index (Phi) is 4.80. The molecular formula is C16H16N2O4S. The van der Waals surface area contributed by atoms with E-state index < -0.39 is 9.84 Å². The van der Waals surface area contributed by atoms with Gasteiger partial charge < -0.3 is 10.6 Å². The van der Waals surface area contributed by atoms with Crippen molar-refractivity contribution in [3.05, 3.63) is 54.1 Å². The SMILES string of the molecule is CC(=O)Nc1cccc(C(=O)Nc2ccc(S(C)(=O)=O)cc2)c1. The van der Waals surface area contributed by atoms with Crippen molar-refractivity contribution in [2.24, 2.45) is 0 Å². The average Bonchev–Trinajstić information content (AvgIpc) is 2.46. The Balaban J connectivity index is 2.14. The smallest absolute Gasteiger partial charge is 0.255 e. The first-order valence-electron chi connectivity index (χ1n) is 6.75. The zero-order valence-corrected chi connectivity index (χ0v) is 13.5. The minimum absolute atomic E-state index is 0.183. The maximum Gasteiger partial charge on any atom is 0.255 e. The topological polar surface area (TPSA) is 92.3 Å². The number of carbonyl (C=O) groups is 2. The molecule has 0 aromatic heterocycles. The second-order valence-corrected chi connectivity index (χ2v) is 7.03. The molecular weight excluding hydrogens is 316 g/mol. The first-order valence-corrected chi connectivity index (χ1v) is 8.64. The van der Waals surface area contributed by atoms with E-state index in [1.54, 1.807) is 24.3 Å². The van der Waals surface area contributed by atoms with Gasteiger partial charge in [0.2, 0.25) is 5.91 Å². The molecule has 0 radical (unpaired) electrons. The molecule has 2 aromatic carbocycles. The van der Waals surface area contributed by atoms with E-state index in [9.17, 15) is 18.0 Å². The molecule has 0 spiro atoms. The lowest BCUT2D eigenvalue weighted by atomic mass is 10.2. The molecule has 2 rings (SSSR count). The van der Waals surface area contributed by atoms with Crippen LogP contribution in [0.15, 0.2) is 53.4 Å². The van der Waals surface area contributed by atoms with Crippen LogP contribution in [0, 0.1) is 0 Å². The second-order valence-electron chi connectivity index (χ2n) is 5.01. The third-order valence-electron chi connectivity index (χ3n) is 2.99. The average molecular weight is 332 g/mol. The molecule has 2 amide bonds. The summed E-state index contributed by atoms with van der Waals surface area (Å²) in [6, 6.07) is 12.4. The zero-order chi connectivity index (χ0) is 17.0. The summed E-state index contributed by atoms with van der Waals surface area (Å²) < 4.78 is 22.8. The van der Waals surface area contributed by atoms with Gasteiger partial charge in [-0.2, -0.15) is 0 Å². The number of rotatable bonds is 4. The highest BCUT2D eigenvalue weighted by Gasteiger charge is 2.09. The van der Waals surface area contributed by atoms with E-state index in [1.165, 1.54) is 31.2 Å². The highest BCUT2D eigenvalue weighted by molar-refractivity contribution is 7.90. The summed E-state index contributed by atoms with van der Waals surface area (Å²) in [6.45, 7) is 1.38. The van der Waals surface area contributed by atoms with Gasteiger partial charge in [0.25, 0.3) is 5.91 Å². The van der Waals surface area contributed by atoms with Gasteiger partial charge in [-0.25, -0.2) is 8.42 Å². The van der Waals surface area contributed by atoms with Crippen molar-refractivity contribution in [2.45, 2.75) is 11.8 Å². The first kappa shape index (κ1) is 16.7. The number of hydrogen-bond acceptors (Lipinski definition) is 4. The lowest BCUT2D eigenvalue weighted by Gasteiger charge is -2.08. The molecule has 0 bridgehead atoms. The van der Waals surface area contributed by atoms with E-state index in [-0.39, 0.29) is 16.7 Å². The van der Waals surface area contributed by atoms with Crippen molar-refractivity contribution in [1.82, 2.24) is 0 Å². The van der Waals surface area contributed by atoms with Gasteiger partial charge in [-0.3, -0.25) is 9.59 Å². The van der Waals surface area contributed by atoms with E-state index >= 15 is 0 Å². The monoisotopic (exact) mass is 332 g/mol. The third kappa shape index (κ3) is 4.65. The van der Waals surface area contributed by atoms with Gasteiger partial charge in [0.05, 0.1) is 4.90 Å². The minimum atomic E-state index is -3.27. The Morgan fingerprint density at radius 3 is 2.13 bits per heavy atom. The third-order valence-corrected chi connectivity index (χ3v) is 4.11. The van der Waals surface area contributed by atoms with E-state index in [1.807, 2.05) is 0 Å². The Labute approximate surface area is 134 Å². The summed E-state index contributed by atoms with van der Waals surface area (Å²) in [5, 5.41) is 5.27. The van der Waals surface area contributed by atoms with Crippen LogP contribution >= 0.6 is 0 Å². The fourth-order valence-corrected chi connectivity index (χ4v) is 2.56. The molecule has 120 valence electrons. The highest BCUT2D eigenvalue weighted by atomic mass is 32.2. The molecule has 0 saturated heterocycles. The quantitative estimate of drug-likeness (QED) is 0.898. The van der Waals surface area contributed by atoms with Crippen molar-refractivity contribution in [3.63, 3.8) is 0 Å². The van der Waals surface area contributed by atoms with Gasteiger partial charge in [0, 0.05) is 30.1 Å². The summed E-state index contributed by atoms with van der Waals surface area (Å²) in [5.74, 6) is -0.580. The molecule has 0 heterocycles. The van der Waals surface area contributed by atoms with Gasteiger partial charge in [-0.1, -0.05) is 6.07 Å². The predicted octanol–water partition coefficient (Wildman–Crippen LogP) is 2.30. The summed E-state index contributed by atoms with van der Waals surface area (Å²) in [7, 11) is -3.27. The highest BCUT2D eigenvalue weighted by Crippen LogP contribution is 2.16. The number of carbonyl (C=O) groups excluding carboxylic acids is 2. The van der Waals surface area contributed by atoms with Crippen molar-refractivity contribution in [3.8, 4) is 0 Å². The molecule has 7 heteroatoms. The predicted molar refractivity (Wildman–Crippen MR) is 88.3 cm³/mol. The van der Waals surface area contributed by atoms with Crippen LogP contribution in [-0.4, -0.2) is 26.5 Å². The summed E-state index contributed by atoms with van der Waals surface area (Å²) >= 11 is 0. The van der Waals surface area contributed by atoms with Gasteiger partial charge in [0.15, 0.2) is 9.84 Å². The molecule has 0 unspecified atom stereocenters. The summed E-state index contributed by atoms with van der Waals surface area (Å²) in [6.07, 6.45) is 1.12. The zero-order valence-electron chi connectivity index (χ0n) is 12.7. The minimum Gasteiger partial charge on any atom is -0.326 e. The van der Waals surface area contributed by atoms with Crippen molar-refractivity contribution < 1.29 is 18.0 Å². The first-order chi connectivity index (χ1) is 10.8. The van der Waals surface area contributed by atoms with Crippen LogP contribution in [-0.2, 0) is 14.6 Å². The van der Waals surface area contributed by atoms with Crippen molar-refractivity contribution in [1.29, 1.82) is 0 Å². The number of sulfone groups is 1. The van der Waals surface area contributed by atoms with E-state index in [0.717, 1.165) is 6.26 Å². The molecule has 23 heavy (non-hydrogen) atoms. The van der Waals surface area contributed by atoms with Crippen LogP contribution in [0.3, 0.4) is 0 Å². The number of anilines is 2. The van der Waals surface area contributed by atoms with Gasteiger partial charge in [-0.05, 0) is 42.5 Å². The molecule has 0 aliphatic rings. The van der Waals surface area contributed by atoms with Crippen LogP contribution in [0.4, 0.5) is 11.4 Å². The fourth-order valence-electron chi connectivity index (χ4n) is 1.93. The number of nitrogens with one attached hydrogen (secondary N) is 2. The Bertz CT molecular complexity index is 843. The van der Waals surface area contributed by atoms with E-state index in [0.29, 0.717) is 16.9 Å². The van der Waals surface area contributed by atoms with Gasteiger partial charge in [-0.15, -0.1) is 0 Å². The van der Waals surface area contributed by atoms with Crippen LogP contribution in [0.5, 0.6) is 0 Å². The Hall–Kier alpha value is -2.67. The fraction of sp³-hybridized carbons (Fsp3) is 0.125. The lowest BCUT2D eigenvalue weighted by molar-refractivity contribution is -0.114. The largest absolute Gasteiger partial charge is 0.326 e. The molecule has 0 saturated carbocycles. The van der Waals surface area contributed by atoms with E-state index in [2.05, 4.69) is 10.6 Å². The summed E-state index contributed by atoms with van der Waals surface area (Å²) in [4.78, 5) is 23.4. The van der Waals surface area contributed by atoms with Crippen molar-refractivity contribution >= 4 is 33.0 Å². The van der Waals surface area contributed by atoms with Crippen molar-refractivity contribution in [2.75, 3.05) is 16.9 Å². The van der Waals surface area contributed by atoms with Gasteiger partial charge in [0.1, 0.15) is 0 Å². The molecule has 2 aromatic rings. The number of hydrogen-bond donors (Lipinski definition) is 2. The van der Waals surface area contributed by atoms with Crippen LogP contribution in [0.2, 0.25) is 0 Å². The molecule has 2 N–H and O–H groups in total. The maximum atomic E-state index is 12.2.